The zero-order valence-electron chi connectivity index (χ0n) is 23.9. The molecule has 42 heavy (non-hydrogen) atoms. The smallest absolute Gasteiger partial charge is 0.329 e. The standard InChI is InChI=1S/C29H39N5O7S/c1-18(32-26(38)22(30)15-20-9-11-21(35)12-10-20)25(37)31-17-24(36)33-23(16-19-7-5-4-6-8-19)27(39)34-29(2,28(40)41)13-14-42-3/h4-12,18,22-23,35H,13-17,30H2,1-3H3,(H,31,37)(H,32,38)(H,33,36)(H,34,39)(H,40,41)/t18-,22+,23+,29+/m1/s1. The predicted octanol–water partition coefficient (Wildman–Crippen LogP) is 0.323. The average Bonchev–Trinajstić information content (AvgIpc) is 2.95. The van der Waals surface area contributed by atoms with Gasteiger partial charge in [0.25, 0.3) is 0 Å². The lowest BCUT2D eigenvalue weighted by atomic mass is 9.97. The van der Waals surface area contributed by atoms with Crippen LogP contribution in [0.5, 0.6) is 5.75 Å². The van der Waals surface area contributed by atoms with Gasteiger partial charge in [-0.15, -0.1) is 0 Å². The molecule has 0 aromatic heterocycles. The van der Waals surface area contributed by atoms with Gasteiger partial charge in [-0.3, -0.25) is 19.2 Å². The molecule has 0 aliphatic heterocycles. The van der Waals surface area contributed by atoms with Crippen LogP contribution in [0.3, 0.4) is 0 Å². The molecule has 0 fully saturated rings. The highest BCUT2D eigenvalue weighted by Gasteiger charge is 2.36. The van der Waals surface area contributed by atoms with Gasteiger partial charge in [0.15, 0.2) is 0 Å². The van der Waals surface area contributed by atoms with Crippen molar-refractivity contribution in [3.63, 3.8) is 0 Å². The number of aromatic hydroxyl groups is 1. The maximum absolute atomic E-state index is 13.2. The van der Waals surface area contributed by atoms with E-state index in [9.17, 15) is 34.2 Å². The number of phenols is 1. The van der Waals surface area contributed by atoms with Crippen LogP contribution in [0.2, 0.25) is 0 Å². The van der Waals surface area contributed by atoms with Crippen LogP contribution >= 0.6 is 11.8 Å². The zero-order valence-corrected chi connectivity index (χ0v) is 24.7. The lowest BCUT2D eigenvalue weighted by molar-refractivity contribution is -0.147. The van der Waals surface area contributed by atoms with E-state index in [4.69, 9.17) is 5.73 Å². The third-order valence-corrected chi connectivity index (χ3v) is 7.13. The number of benzene rings is 2. The SMILES string of the molecule is CSCC[C@](C)(NC(=O)[C@H](Cc1ccccc1)NC(=O)CNC(=O)[C@@H](C)NC(=O)[C@@H](N)Cc1ccc(O)cc1)C(=O)O. The van der Waals surface area contributed by atoms with Crippen molar-refractivity contribution in [3.05, 3.63) is 65.7 Å². The Morgan fingerprint density at radius 2 is 1.52 bits per heavy atom. The quantitative estimate of drug-likeness (QED) is 0.142. The number of amides is 4. The lowest BCUT2D eigenvalue weighted by Gasteiger charge is -2.29. The highest BCUT2D eigenvalue weighted by Crippen LogP contribution is 2.15. The molecule has 0 spiro atoms. The summed E-state index contributed by atoms with van der Waals surface area (Å²) in [5.74, 6) is -3.17. The molecular formula is C29H39N5O7S. The van der Waals surface area contributed by atoms with Gasteiger partial charge in [-0.1, -0.05) is 42.5 Å². The Morgan fingerprint density at radius 3 is 2.12 bits per heavy atom. The minimum Gasteiger partial charge on any atom is -0.508 e. The molecule has 13 heteroatoms. The molecule has 228 valence electrons. The first-order valence-corrected chi connectivity index (χ1v) is 14.7. The van der Waals surface area contributed by atoms with Gasteiger partial charge in [0.2, 0.25) is 23.6 Å². The Balaban J connectivity index is 1.97. The van der Waals surface area contributed by atoms with E-state index in [1.54, 1.807) is 42.5 Å². The molecule has 0 bridgehead atoms. The van der Waals surface area contributed by atoms with Crippen molar-refractivity contribution in [1.29, 1.82) is 0 Å². The van der Waals surface area contributed by atoms with Crippen LogP contribution in [0.15, 0.2) is 54.6 Å². The number of rotatable bonds is 16. The first kappa shape index (κ1) is 34.1. The van der Waals surface area contributed by atoms with Crippen molar-refractivity contribution < 1.29 is 34.2 Å². The normalized spacial score (nSPS) is 14.4. The second kappa shape index (κ2) is 16.4. The molecule has 2 rings (SSSR count). The number of phenolic OH excluding ortho intramolecular Hbond substituents is 1. The van der Waals surface area contributed by atoms with Crippen molar-refractivity contribution in [2.75, 3.05) is 18.6 Å². The molecule has 4 atom stereocenters. The van der Waals surface area contributed by atoms with Crippen LogP contribution in [0, 0.1) is 0 Å². The largest absolute Gasteiger partial charge is 0.508 e. The minimum absolute atomic E-state index is 0.0861. The summed E-state index contributed by atoms with van der Waals surface area (Å²) in [7, 11) is 0. The van der Waals surface area contributed by atoms with Crippen molar-refractivity contribution in [3.8, 4) is 5.75 Å². The number of thioether (sulfide) groups is 1. The van der Waals surface area contributed by atoms with E-state index in [1.807, 2.05) is 6.26 Å². The maximum atomic E-state index is 13.2. The van der Waals surface area contributed by atoms with Crippen molar-refractivity contribution in [1.82, 2.24) is 21.3 Å². The average molecular weight is 602 g/mol. The Hall–Kier alpha value is -4.10. The third kappa shape index (κ3) is 11.1. The number of hydrogen-bond donors (Lipinski definition) is 7. The number of carbonyl (C=O) groups is 5. The van der Waals surface area contributed by atoms with Gasteiger partial charge < -0.3 is 37.2 Å². The fraction of sp³-hybridized carbons (Fsp3) is 0.414. The first-order chi connectivity index (χ1) is 19.8. The molecule has 2 aromatic carbocycles. The van der Waals surface area contributed by atoms with Gasteiger partial charge in [-0.05, 0) is 62.0 Å². The Bertz CT molecular complexity index is 1230. The summed E-state index contributed by atoms with van der Waals surface area (Å²) < 4.78 is 0. The second-order valence-electron chi connectivity index (χ2n) is 10.1. The van der Waals surface area contributed by atoms with Gasteiger partial charge in [-0.2, -0.15) is 11.8 Å². The molecule has 0 aliphatic rings. The molecule has 0 radical (unpaired) electrons. The number of carboxylic acids is 1. The summed E-state index contributed by atoms with van der Waals surface area (Å²) in [4.78, 5) is 62.9. The topological polar surface area (TPSA) is 200 Å². The molecule has 2 aromatic rings. The van der Waals surface area contributed by atoms with Crippen molar-refractivity contribution in [2.45, 2.75) is 56.8 Å². The van der Waals surface area contributed by atoms with E-state index in [0.29, 0.717) is 5.75 Å². The van der Waals surface area contributed by atoms with Gasteiger partial charge in [0.1, 0.15) is 23.4 Å². The number of nitrogens with two attached hydrogens (primary N) is 1. The predicted molar refractivity (Wildman–Crippen MR) is 160 cm³/mol. The molecule has 8 N–H and O–H groups in total. The number of carboxylic acid groups (broad SMARTS) is 1. The maximum Gasteiger partial charge on any atom is 0.329 e. The van der Waals surface area contributed by atoms with E-state index in [2.05, 4.69) is 21.3 Å². The van der Waals surface area contributed by atoms with E-state index in [0.717, 1.165) is 11.1 Å². The summed E-state index contributed by atoms with van der Waals surface area (Å²) in [6, 6.07) is 12.1. The summed E-state index contributed by atoms with van der Waals surface area (Å²) in [6.45, 7) is 2.36. The molecule has 0 saturated carbocycles. The highest BCUT2D eigenvalue weighted by atomic mass is 32.2. The number of nitrogens with one attached hydrogen (secondary N) is 4. The van der Waals surface area contributed by atoms with E-state index in [1.165, 1.54) is 37.7 Å². The minimum atomic E-state index is -1.54. The van der Waals surface area contributed by atoms with Crippen LogP contribution in [-0.4, -0.2) is 82.0 Å². The highest BCUT2D eigenvalue weighted by molar-refractivity contribution is 7.98. The van der Waals surface area contributed by atoms with E-state index < -0.39 is 59.8 Å². The first-order valence-electron chi connectivity index (χ1n) is 13.3. The lowest BCUT2D eigenvalue weighted by Crippen LogP contribution is -2.59. The zero-order chi connectivity index (χ0) is 31.3. The third-order valence-electron chi connectivity index (χ3n) is 6.52. The Kier molecular flexibility index (Phi) is 13.3. The van der Waals surface area contributed by atoms with E-state index >= 15 is 0 Å². The van der Waals surface area contributed by atoms with E-state index in [-0.39, 0.29) is 25.0 Å². The fourth-order valence-corrected chi connectivity index (χ4v) is 4.49. The van der Waals surface area contributed by atoms with Gasteiger partial charge in [-0.25, -0.2) is 4.79 Å². The number of aliphatic carboxylic acids is 1. The molecule has 0 saturated heterocycles. The molecule has 0 aliphatic carbocycles. The molecule has 0 heterocycles. The van der Waals surface area contributed by atoms with Gasteiger partial charge in [0.05, 0.1) is 12.6 Å². The van der Waals surface area contributed by atoms with Gasteiger partial charge >= 0.3 is 5.97 Å². The summed E-state index contributed by atoms with van der Waals surface area (Å²) in [6.07, 6.45) is 2.29. The monoisotopic (exact) mass is 601 g/mol. The van der Waals surface area contributed by atoms with Gasteiger partial charge in [0, 0.05) is 6.42 Å². The summed E-state index contributed by atoms with van der Waals surface area (Å²) in [5.41, 5.74) is 5.88. The second-order valence-corrected chi connectivity index (χ2v) is 11.1. The Labute approximate surface area is 249 Å². The van der Waals surface area contributed by atoms with Crippen molar-refractivity contribution in [2.24, 2.45) is 5.73 Å². The van der Waals surface area contributed by atoms with Crippen LogP contribution < -0.4 is 27.0 Å². The van der Waals surface area contributed by atoms with Crippen LogP contribution in [0.4, 0.5) is 0 Å². The molecular weight excluding hydrogens is 562 g/mol. The fourth-order valence-electron chi connectivity index (χ4n) is 3.88. The van der Waals surface area contributed by atoms with Crippen molar-refractivity contribution >= 4 is 41.4 Å². The summed E-state index contributed by atoms with van der Waals surface area (Å²) in [5, 5.41) is 29.2. The Morgan fingerprint density at radius 1 is 0.905 bits per heavy atom. The molecule has 12 nitrogen and oxygen atoms in total. The number of carbonyl (C=O) groups excluding carboxylic acids is 4. The van der Waals surface area contributed by atoms with Crippen LogP contribution in [0.1, 0.15) is 31.4 Å². The summed E-state index contributed by atoms with van der Waals surface area (Å²) >= 11 is 1.45. The van der Waals surface area contributed by atoms with Crippen LogP contribution in [-0.2, 0) is 36.8 Å². The number of hydrogen-bond acceptors (Lipinski definition) is 8. The molecule has 4 amide bonds. The molecule has 0 unspecified atom stereocenters. The van der Waals surface area contributed by atoms with Crippen LogP contribution in [0.25, 0.3) is 0 Å².